The first-order valence-corrected chi connectivity index (χ1v) is 7.40. The Morgan fingerprint density at radius 1 is 1.45 bits per heavy atom. The highest BCUT2D eigenvalue weighted by Gasteiger charge is 2.30. The minimum Gasteiger partial charge on any atom is -0.392 e. The van der Waals surface area contributed by atoms with E-state index in [9.17, 15) is 9.90 Å². The molecular weight excluding hydrogens is 276 g/mol. The van der Waals surface area contributed by atoms with Crippen LogP contribution in [-0.2, 0) is 4.79 Å². The maximum Gasteiger partial charge on any atom is 0.244 e. The summed E-state index contributed by atoms with van der Waals surface area (Å²) in [5.74, 6) is -0.0810. The van der Waals surface area contributed by atoms with E-state index in [4.69, 9.17) is 5.26 Å². The Morgan fingerprint density at radius 3 is 2.73 bits per heavy atom. The number of amides is 1. The number of carbonyl (C=O) groups is 1. The Bertz CT molecular complexity index is 583. The Morgan fingerprint density at radius 2 is 2.14 bits per heavy atom. The van der Waals surface area contributed by atoms with Gasteiger partial charge in [-0.3, -0.25) is 4.79 Å². The number of nitrogens with one attached hydrogen (secondary N) is 1. The topological polar surface area (TPSA) is 73.1 Å². The zero-order valence-corrected chi connectivity index (χ0v) is 13.6. The van der Waals surface area contributed by atoms with Crippen LogP contribution in [0.1, 0.15) is 38.8 Å². The Hall–Kier alpha value is -2.12. The number of aliphatic hydroxyl groups excluding tert-OH is 1. The van der Waals surface area contributed by atoms with Crippen LogP contribution in [0.25, 0.3) is 6.08 Å². The van der Waals surface area contributed by atoms with Crippen molar-refractivity contribution in [2.75, 3.05) is 6.54 Å². The zero-order chi connectivity index (χ0) is 16.8. The van der Waals surface area contributed by atoms with Gasteiger partial charge in [0.05, 0.1) is 17.7 Å². The molecule has 1 unspecified atom stereocenters. The molecule has 4 nitrogen and oxygen atoms in total. The van der Waals surface area contributed by atoms with E-state index in [0.717, 1.165) is 5.56 Å². The minimum absolute atomic E-state index is 0.135. The zero-order valence-electron chi connectivity index (χ0n) is 13.6. The van der Waals surface area contributed by atoms with Gasteiger partial charge in [0.2, 0.25) is 5.91 Å². The van der Waals surface area contributed by atoms with Gasteiger partial charge in [0.15, 0.2) is 0 Å². The van der Waals surface area contributed by atoms with E-state index >= 15 is 0 Å². The predicted molar refractivity (Wildman–Crippen MR) is 87.8 cm³/mol. The number of nitrogens with zero attached hydrogens (tertiary/aromatic N) is 1. The van der Waals surface area contributed by atoms with E-state index in [1.165, 1.54) is 6.08 Å². The maximum atomic E-state index is 11.9. The molecule has 0 heterocycles. The molecule has 2 N–H and O–H groups in total. The van der Waals surface area contributed by atoms with Gasteiger partial charge in [-0.2, -0.15) is 5.26 Å². The van der Waals surface area contributed by atoms with E-state index in [1.807, 2.05) is 33.8 Å². The van der Waals surface area contributed by atoms with Crippen LogP contribution in [0.15, 0.2) is 30.3 Å². The van der Waals surface area contributed by atoms with Gasteiger partial charge in [-0.05, 0) is 29.7 Å². The second-order valence-corrected chi connectivity index (χ2v) is 6.47. The lowest BCUT2D eigenvalue weighted by Crippen LogP contribution is -2.43. The monoisotopic (exact) mass is 300 g/mol. The molecule has 0 fully saturated rings. The molecule has 1 aromatic rings. The van der Waals surface area contributed by atoms with E-state index in [1.54, 1.807) is 24.3 Å². The van der Waals surface area contributed by atoms with Gasteiger partial charge >= 0.3 is 0 Å². The van der Waals surface area contributed by atoms with Crippen LogP contribution < -0.4 is 5.32 Å². The second-order valence-electron chi connectivity index (χ2n) is 6.47. The summed E-state index contributed by atoms with van der Waals surface area (Å²) >= 11 is 0. The van der Waals surface area contributed by atoms with Crippen molar-refractivity contribution in [2.45, 2.75) is 33.8 Å². The van der Waals surface area contributed by atoms with Gasteiger partial charge in [0.25, 0.3) is 0 Å². The van der Waals surface area contributed by atoms with E-state index in [2.05, 4.69) is 11.4 Å². The third-order valence-corrected chi connectivity index (χ3v) is 3.59. The van der Waals surface area contributed by atoms with Crippen molar-refractivity contribution in [3.05, 3.63) is 41.5 Å². The summed E-state index contributed by atoms with van der Waals surface area (Å²) in [6, 6.07) is 9.10. The van der Waals surface area contributed by atoms with Crippen LogP contribution in [0.5, 0.6) is 0 Å². The quantitative estimate of drug-likeness (QED) is 0.793. The molecule has 0 aliphatic heterocycles. The number of hydrogen-bond acceptors (Lipinski definition) is 3. The summed E-state index contributed by atoms with van der Waals surface area (Å²) in [4.78, 5) is 11.9. The number of nitriles is 1. The number of benzene rings is 1. The van der Waals surface area contributed by atoms with E-state index < -0.39 is 11.5 Å². The first kappa shape index (κ1) is 17.9. The summed E-state index contributed by atoms with van der Waals surface area (Å²) in [7, 11) is 0. The summed E-state index contributed by atoms with van der Waals surface area (Å²) < 4.78 is 0. The molecule has 118 valence electrons. The van der Waals surface area contributed by atoms with Gasteiger partial charge in [-0.25, -0.2) is 0 Å². The van der Waals surface area contributed by atoms with Gasteiger partial charge in [0, 0.05) is 18.0 Å². The van der Waals surface area contributed by atoms with Crippen LogP contribution in [-0.4, -0.2) is 23.7 Å². The average Bonchev–Trinajstić information content (AvgIpc) is 2.50. The molecule has 1 amide bonds. The largest absolute Gasteiger partial charge is 0.392 e. The standard InChI is InChI=1S/C18H24N2O2/c1-13(2)17(22)18(3,4)12-20-16(21)9-8-14-6-5-7-15(10-14)11-19/h5-10,13,17,22H,12H2,1-4H3,(H,20,21)/b9-8+. The number of hydrogen-bond donors (Lipinski definition) is 2. The molecule has 0 aromatic heterocycles. The summed E-state index contributed by atoms with van der Waals surface area (Å²) in [5.41, 5.74) is 0.970. The van der Waals surface area contributed by atoms with E-state index in [0.29, 0.717) is 12.1 Å². The Kier molecular flexibility index (Phi) is 6.33. The predicted octanol–water partition coefficient (Wildman–Crippen LogP) is 2.73. The Balaban J connectivity index is 2.59. The van der Waals surface area contributed by atoms with Gasteiger partial charge in [-0.1, -0.05) is 39.8 Å². The molecular formula is C18H24N2O2. The lowest BCUT2D eigenvalue weighted by atomic mass is 9.81. The second kappa shape index (κ2) is 7.77. The molecule has 1 rings (SSSR count). The van der Waals surface area contributed by atoms with Crippen molar-refractivity contribution in [1.29, 1.82) is 5.26 Å². The van der Waals surface area contributed by atoms with Crippen molar-refractivity contribution in [3.8, 4) is 6.07 Å². The van der Waals surface area contributed by atoms with Crippen LogP contribution in [0.2, 0.25) is 0 Å². The fourth-order valence-corrected chi connectivity index (χ4v) is 2.26. The smallest absolute Gasteiger partial charge is 0.244 e. The molecule has 4 heteroatoms. The number of carbonyl (C=O) groups excluding carboxylic acids is 1. The molecule has 0 spiro atoms. The molecule has 1 atom stereocenters. The van der Waals surface area contributed by atoms with Crippen molar-refractivity contribution in [1.82, 2.24) is 5.32 Å². The summed E-state index contributed by atoms with van der Waals surface area (Å²) in [6.07, 6.45) is 2.63. The van der Waals surface area contributed by atoms with Crippen molar-refractivity contribution in [3.63, 3.8) is 0 Å². The van der Waals surface area contributed by atoms with Crippen LogP contribution >= 0.6 is 0 Å². The summed E-state index contributed by atoms with van der Waals surface area (Å²) in [5, 5.41) is 21.8. The Labute approximate surface area is 132 Å². The highest BCUT2D eigenvalue weighted by Crippen LogP contribution is 2.25. The lowest BCUT2D eigenvalue weighted by molar-refractivity contribution is -0.117. The first-order valence-electron chi connectivity index (χ1n) is 7.40. The molecule has 0 bridgehead atoms. The normalized spacial score (nSPS) is 13.1. The summed E-state index contributed by atoms with van der Waals surface area (Å²) in [6.45, 7) is 8.16. The third kappa shape index (κ3) is 5.34. The maximum absolute atomic E-state index is 11.9. The van der Waals surface area contributed by atoms with Gasteiger partial charge in [-0.15, -0.1) is 0 Å². The van der Waals surface area contributed by atoms with Crippen molar-refractivity contribution >= 4 is 12.0 Å². The number of aliphatic hydroxyl groups is 1. The fraction of sp³-hybridized carbons (Fsp3) is 0.444. The fourth-order valence-electron chi connectivity index (χ4n) is 2.26. The SMILES string of the molecule is CC(C)C(O)C(C)(C)CNC(=O)/C=C/c1cccc(C#N)c1. The molecule has 1 aromatic carbocycles. The minimum atomic E-state index is -0.482. The lowest BCUT2D eigenvalue weighted by Gasteiger charge is -2.33. The highest BCUT2D eigenvalue weighted by atomic mass is 16.3. The van der Waals surface area contributed by atoms with E-state index in [-0.39, 0.29) is 11.8 Å². The molecule has 22 heavy (non-hydrogen) atoms. The van der Waals surface area contributed by atoms with Crippen LogP contribution in [0.4, 0.5) is 0 Å². The van der Waals surface area contributed by atoms with Gasteiger partial charge < -0.3 is 10.4 Å². The molecule has 0 aliphatic carbocycles. The average molecular weight is 300 g/mol. The van der Waals surface area contributed by atoms with Crippen LogP contribution in [0.3, 0.4) is 0 Å². The molecule has 0 radical (unpaired) electrons. The van der Waals surface area contributed by atoms with Crippen molar-refractivity contribution in [2.24, 2.45) is 11.3 Å². The van der Waals surface area contributed by atoms with Crippen LogP contribution in [0, 0.1) is 22.7 Å². The third-order valence-electron chi connectivity index (χ3n) is 3.59. The molecule has 0 saturated carbocycles. The molecule has 0 saturated heterocycles. The highest BCUT2D eigenvalue weighted by molar-refractivity contribution is 5.91. The number of rotatable bonds is 6. The first-order chi connectivity index (χ1) is 10.3. The van der Waals surface area contributed by atoms with Crippen molar-refractivity contribution < 1.29 is 9.90 Å². The molecule has 0 aliphatic rings. The van der Waals surface area contributed by atoms with Gasteiger partial charge in [0.1, 0.15) is 0 Å².